The first-order valence-electron chi connectivity index (χ1n) is 14.4. The Morgan fingerprint density at radius 1 is 1.19 bits per heavy atom. The molecule has 4 bridgehead atoms. The molecular formula is C31H36ClN5O6. The summed E-state index contributed by atoms with van der Waals surface area (Å²) < 4.78 is 19.8. The Morgan fingerprint density at radius 2 is 2.00 bits per heavy atom. The van der Waals surface area contributed by atoms with Crippen molar-refractivity contribution in [1.29, 1.82) is 0 Å². The molecule has 1 saturated heterocycles. The third-order valence-corrected chi connectivity index (χ3v) is 7.66. The number of aryl methyl sites for hydroxylation is 1. The lowest BCUT2D eigenvalue weighted by Gasteiger charge is -2.39. The molecular weight excluding hydrogens is 574 g/mol. The normalized spacial score (nSPS) is 19.5. The zero-order valence-corrected chi connectivity index (χ0v) is 25.5. The van der Waals surface area contributed by atoms with E-state index >= 15 is 0 Å². The number of carbonyl (C=O) groups is 3. The topological polar surface area (TPSA) is 115 Å². The molecule has 0 radical (unpaired) electrons. The molecule has 228 valence electrons. The monoisotopic (exact) mass is 609 g/mol. The minimum Gasteiger partial charge on any atom is -0.491 e. The zero-order valence-electron chi connectivity index (χ0n) is 24.7. The zero-order chi connectivity index (χ0) is 30.7. The maximum absolute atomic E-state index is 13.6. The van der Waals surface area contributed by atoms with Gasteiger partial charge >= 0.3 is 0 Å². The van der Waals surface area contributed by atoms with Gasteiger partial charge in [-0.1, -0.05) is 23.7 Å². The summed E-state index contributed by atoms with van der Waals surface area (Å²) in [6, 6.07) is 12.0. The highest BCUT2D eigenvalue weighted by molar-refractivity contribution is 6.33. The van der Waals surface area contributed by atoms with E-state index < -0.39 is 6.04 Å². The van der Waals surface area contributed by atoms with Crippen LogP contribution in [0.15, 0.2) is 48.7 Å². The van der Waals surface area contributed by atoms with E-state index in [4.69, 9.17) is 25.8 Å². The van der Waals surface area contributed by atoms with E-state index in [-0.39, 0.29) is 60.3 Å². The van der Waals surface area contributed by atoms with E-state index in [0.29, 0.717) is 42.3 Å². The van der Waals surface area contributed by atoms with Gasteiger partial charge in [-0.05, 0) is 57.0 Å². The highest BCUT2D eigenvalue weighted by Crippen LogP contribution is 2.30. The number of ether oxygens (including phenoxy) is 3. The molecule has 5 rings (SSSR count). The van der Waals surface area contributed by atoms with Gasteiger partial charge in [0, 0.05) is 38.3 Å². The van der Waals surface area contributed by atoms with Gasteiger partial charge in [-0.2, -0.15) is 5.10 Å². The molecule has 43 heavy (non-hydrogen) atoms. The summed E-state index contributed by atoms with van der Waals surface area (Å²) in [5.74, 6) is 0.537. The molecule has 2 atom stereocenters. The highest BCUT2D eigenvalue weighted by Gasteiger charge is 2.35. The molecule has 2 aliphatic heterocycles. The third-order valence-electron chi connectivity index (χ3n) is 7.38. The van der Waals surface area contributed by atoms with Gasteiger partial charge in [-0.3, -0.25) is 19.1 Å². The molecule has 2 aromatic carbocycles. The Morgan fingerprint density at radius 3 is 2.72 bits per heavy atom. The average molecular weight is 610 g/mol. The number of fused-ring (bicyclic) bond motifs is 5. The highest BCUT2D eigenvalue weighted by atomic mass is 35.5. The predicted octanol–water partition coefficient (Wildman–Crippen LogP) is 4.04. The number of amides is 3. The molecule has 1 N–H and O–H groups in total. The number of likely N-dealkylation sites (N-methyl/N-ethyl adjacent to an activating group) is 1. The van der Waals surface area contributed by atoms with Gasteiger partial charge in [-0.25, -0.2) is 0 Å². The number of halogens is 1. The number of likely N-dealkylation sites (tertiary alicyclic amines) is 1. The molecule has 0 saturated carbocycles. The van der Waals surface area contributed by atoms with E-state index in [1.807, 2.05) is 45.0 Å². The van der Waals surface area contributed by atoms with E-state index in [9.17, 15) is 14.4 Å². The number of rotatable bonds is 4. The van der Waals surface area contributed by atoms with Crippen LogP contribution >= 0.6 is 11.6 Å². The fourth-order valence-electron chi connectivity index (χ4n) is 5.32. The van der Waals surface area contributed by atoms with Crippen LogP contribution in [0.2, 0.25) is 5.02 Å². The van der Waals surface area contributed by atoms with Crippen molar-refractivity contribution in [3.05, 3.63) is 70.5 Å². The van der Waals surface area contributed by atoms with Crippen molar-refractivity contribution >= 4 is 29.3 Å². The second-order valence-electron chi connectivity index (χ2n) is 11.0. The van der Waals surface area contributed by atoms with Crippen molar-refractivity contribution in [1.82, 2.24) is 24.9 Å². The lowest BCUT2D eigenvalue weighted by atomic mass is 10.0. The summed E-state index contributed by atoms with van der Waals surface area (Å²) in [4.78, 5) is 43.5. The molecule has 0 spiro atoms. The second-order valence-corrected chi connectivity index (χ2v) is 11.4. The minimum absolute atomic E-state index is 0.117. The number of hydrogen-bond acceptors (Lipinski definition) is 7. The Hall–Kier alpha value is -4.09. The van der Waals surface area contributed by atoms with Gasteiger partial charge in [0.1, 0.15) is 22.9 Å². The van der Waals surface area contributed by atoms with Gasteiger partial charge in [-0.15, -0.1) is 0 Å². The van der Waals surface area contributed by atoms with Crippen LogP contribution in [0.1, 0.15) is 53.6 Å². The van der Waals surface area contributed by atoms with E-state index in [2.05, 4.69) is 10.4 Å². The molecule has 1 aromatic heterocycles. The van der Waals surface area contributed by atoms with Gasteiger partial charge < -0.3 is 29.3 Å². The van der Waals surface area contributed by atoms with Gasteiger partial charge in [0.2, 0.25) is 5.91 Å². The quantitative estimate of drug-likeness (QED) is 0.475. The first kappa shape index (κ1) is 30.4. The van der Waals surface area contributed by atoms with E-state index in [1.165, 1.54) is 15.8 Å². The first-order valence-corrected chi connectivity index (χ1v) is 14.7. The van der Waals surface area contributed by atoms with Crippen LogP contribution in [0.4, 0.5) is 0 Å². The maximum Gasteiger partial charge on any atom is 0.273 e. The van der Waals surface area contributed by atoms with Crippen molar-refractivity contribution in [2.24, 2.45) is 7.05 Å². The van der Waals surface area contributed by atoms with Crippen LogP contribution in [0.25, 0.3) is 0 Å². The standard InChI is InChI=1S/C31H36ClN5O6/c1-5-36-17-28(38)34-26-16-37(31(40)29-25(32)15-33-35(29)4)10-9-27(26)41-18-20-7-6-8-22(11-20)43-24-13-21(30(36)39)12-23(14-24)42-19(2)3/h6-8,11-15,19,26-27H,5,9-10,16-18H2,1-4H3,(H,34,38)/t26-,27-/m0/s1. The fraction of sp³-hybridized carbons (Fsp3) is 0.419. The molecule has 0 unspecified atom stereocenters. The number of hydrogen-bond donors (Lipinski definition) is 1. The Balaban J connectivity index is 1.45. The number of piperidine rings is 1. The van der Waals surface area contributed by atoms with Crippen molar-refractivity contribution in [3.8, 4) is 17.2 Å². The largest absolute Gasteiger partial charge is 0.491 e. The van der Waals surface area contributed by atoms with Crippen LogP contribution in [-0.2, 0) is 23.2 Å². The molecule has 3 amide bonds. The van der Waals surface area contributed by atoms with Crippen LogP contribution in [0.3, 0.4) is 0 Å². The van der Waals surface area contributed by atoms with Gasteiger partial charge in [0.25, 0.3) is 11.8 Å². The number of nitrogens with zero attached hydrogens (tertiary/aromatic N) is 4. The van der Waals surface area contributed by atoms with E-state index in [0.717, 1.165) is 5.56 Å². The number of aromatic nitrogens is 2. The Kier molecular flexibility index (Phi) is 9.22. The molecule has 11 nitrogen and oxygen atoms in total. The van der Waals surface area contributed by atoms with Gasteiger partial charge in [0.05, 0.1) is 42.6 Å². The number of carbonyl (C=O) groups excluding carboxylic acids is 3. The van der Waals surface area contributed by atoms with Gasteiger partial charge in [0.15, 0.2) is 0 Å². The molecule has 0 aliphatic carbocycles. The van der Waals surface area contributed by atoms with Crippen molar-refractivity contribution < 1.29 is 28.6 Å². The lowest BCUT2D eigenvalue weighted by Crippen LogP contribution is -2.58. The molecule has 2 aliphatic rings. The van der Waals surface area contributed by atoms with Crippen molar-refractivity contribution in [3.63, 3.8) is 0 Å². The second kappa shape index (κ2) is 13.0. The summed E-state index contributed by atoms with van der Waals surface area (Å²) in [6.45, 7) is 6.63. The minimum atomic E-state index is -0.521. The lowest BCUT2D eigenvalue weighted by molar-refractivity contribution is -0.124. The number of benzene rings is 2. The Bertz CT molecular complexity index is 1490. The van der Waals surface area contributed by atoms with Crippen molar-refractivity contribution in [2.75, 3.05) is 26.2 Å². The maximum atomic E-state index is 13.6. The van der Waals surface area contributed by atoms with Crippen LogP contribution < -0.4 is 14.8 Å². The molecule has 3 heterocycles. The first-order chi connectivity index (χ1) is 20.6. The molecule has 12 heteroatoms. The third kappa shape index (κ3) is 7.11. The number of nitrogens with one attached hydrogen (secondary N) is 1. The van der Waals surface area contributed by atoms with Crippen LogP contribution in [-0.4, -0.2) is 81.7 Å². The SMILES string of the molecule is CCN1CC(=O)N[C@H]2CN(C(=O)c3c(Cl)cnn3C)CC[C@@H]2OCc2cccc(c2)Oc2cc(OC(C)C)cc(c2)C1=O. The fourth-order valence-corrected chi connectivity index (χ4v) is 5.57. The summed E-state index contributed by atoms with van der Waals surface area (Å²) in [6.07, 6.45) is 1.43. The summed E-state index contributed by atoms with van der Waals surface area (Å²) in [5, 5.41) is 7.38. The predicted molar refractivity (Wildman–Crippen MR) is 160 cm³/mol. The average Bonchev–Trinajstić information content (AvgIpc) is 3.31. The molecule has 1 fully saturated rings. The van der Waals surface area contributed by atoms with Crippen molar-refractivity contribution in [2.45, 2.75) is 52.0 Å². The summed E-state index contributed by atoms with van der Waals surface area (Å²) in [5.41, 5.74) is 1.50. The summed E-state index contributed by atoms with van der Waals surface area (Å²) >= 11 is 6.25. The smallest absolute Gasteiger partial charge is 0.273 e. The van der Waals surface area contributed by atoms with Crippen LogP contribution in [0, 0.1) is 0 Å². The van der Waals surface area contributed by atoms with Crippen LogP contribution in [0.5, 0.6) is 17.2 Å². The summed E-state index contributed by atoms with van der Waals surface area (Å²) in [7, 11) is 1.66. The van der Waals surface area contributed by atoms with E-state index in [1.54, 1.807) is 30.1 Å². The molecule has 3 aromatic rings. The Labute approximate surface area is 255 Å².